The van der Waals surface area contributed by atoms with Crippen LogP contribution < -0.4 is 0 Å². The van der Waals surface area contributed by atoms with Crippen molar-refractivity contribution in [1.29, 1.82) is 0 Å². The van der Waals surface area contributed by atoms with Gasteiger partial charge in [-0.2, -0.15) is 13.2 Å². The van der Waals surface area contributed by atoms with E-state index in [1.54, 1.807) is 12.1 Å². The summed E-state index contributed by atoms with van der Waals surface area (Å²) in [6.45, 7) is 1.08. The van der Waals surface area contributed by atoms with Gasteiger partial charge in [-0.15, -0.1) is 0 Å². The number of imide groups is 1. The number of carbonyl (C=O) groups excluding carboxylic acids is 3. The number of carbonyl (C=O) groups is 3. The van der Waals surface area contributed by atoms with E-state index in [1.807, 2.05) is 0 Å². The molecule has 0 radical (unpaired) electrons. The van der Waals surface area contributed by atoms with Crippen molar-refractivity contribution in [3.63, 3.8) is 0 Å². The number of alkyl halides is 3. The number of amides is 2. The fourth-order valence-corrected chi connectivity index (χ4v) is 2.68. The first-order valence-corrected chi connectivity index (χ1v) is 7.51. The van der Waals surface area contributed by atoms with Crippen molar-refractivity contribution in [1.82, 2.24) is 4.90 Å². The average molecular weight is 363 g/mol. The second kappa shape index (κ2) is 6.29. The SMILES string of the molecule is CC(=O)OC(c1ccc(C(F)(F)F)cc1)N1C(=O)c2ccccc2C1=O. The van der Waals surface area contributed by atoms with Gasteiger partial charge in [0.2, 0.25) is 6.23 Å². The zero-order chi connectivity index (χ0) is 19.1. The maximum absolute atomic E-state index is 12.7. The van der Waals surface area contributed by atoms with Crippen LogP contribution >= 0.6 is 0 Å². The molecule has 1 aliphatic heterocycles. The summed E-state index contributed by atoms with van der Waals surface area (Å²) in [6, 6.07) is 9.78. The molecule has 1 unspecified atom stereocenters. The molecule has 0 aromatic heterocycles. The van der Waals surface area contributed by atoms with Crippen molar-refractivity contribution in [3.05, 3.63) is 70.8 Å². The number of ether oxygens (including phenoxy) is 1. The molecule has 5 nitrogen and oxygen atoms in total. The molecule has 2 amide bonds. The standard InChI is InChI=1S/C18H12F3NO4/c1-10(23)26-17(11-6-8-12(9-7-11)18(19,20)21)22-15(24)13-4-2-3-5-14(13)16(22)25/h2-9,17H,1H3. The third-order valence-corrected chi connectivity index (χ3v) is 3.86. The fourth-order valence-electron chi connectivity index (χ4n) is 2.68. The van der Waals surface area contributed by atoms with Gasteiger partial charge in [0.15, 0.2) is 0 Å². The minimum atomic E-state index is -4.54. The van der Waals surface area contributed by atoms with E-state index >= 15 is 0 Å². The first-order chi connectivity index (χ1) is 12.2. The van der Waals surface area contributed by atoms with E-state index < -0.39 is 35.8 Å². The number of halogens is 3. The van der Waals surface area contributed by atoms with E-state index in [0.717, 1.165) is 36.1 Å². The van der Waals surface area contributed by atoms with Gasteiger partial charge in [0.05, 0.1) is 16.7 Å². The molecule has 2 aromatic rings. The third-order valence-electron chi connectivity index (χ3n) is 3.86. The van der Waals surface area contributed by atoms with Crippen LogP contribution in [0.15, 0.2) is 48.5 Å². The number of esters is 1. The van der Waals surface area contributed by atoms with E-state index in [4.69, 9.17) is 4.74 Å². The smallest absolute Gasteiger partial charge is 0.416 e. The summed E-state index contributed by atoms with van der Waals surface area (Å²) in [7, 11) is 0. The minimum absolute atomic E-state index is 0.0720. The highest BCUT2D eigenvalue weighted by Crippen LogP contribution is 2.34. The third kappa shape index (κ3) is 3.05. The zero-order valence-electron chi connectivity index (χ0n) is 13.4. The zero-order valence-corrected chi connectivity index (χ0v) is 13.4. The Balaban J connectivity index is 2.01. The molecule has 134 valence electrons. The van der Waals surface area contributed by atoms with Crippen LogP contribution in [-0.4, -0.2) is 22.7 Å². The molecule has 0 saturated carbocycles. The van der Waals surface area contributed by atoms with Crippen LogP contribution in [0.1, 0.15) is 45.0 Å². The molecule has 0 bridgehead atoms. The molecule has 26 heavy (non-hydrogen) atoms. The number of fused-ring (bicyclic) bond motifs is 1. The Bertz CT molecular complexity index is 855. The number of benzene rings is 2. The molecular formula is C18H12F3NO4. The van der Waals surface area contributed by atoms with Crippen LogP contribution in [0.3, 0.4) is 0 Å². The summed E-state index contributed by atoms with van der Waals surface area (Å²) in [4.78, 5) is 37.3. The summed E-state index contributed by atoms with van der Waals surface area (Å²) in [6.07, 6.45) is -5.99. The molecule has 1 heterocycles. The summed E-state index contributed by atoms with van der Waals surface area (Å²) in [5.41, 5.74) is -0.545. The monoisotopic (exact) mass is 363 g/mol. The Labute approximate surface area is 146 Å². The first-order valence-electron chi connectivity index (χ1n) is 7.51. The number of hydrogen-bond acceptors (Lipinski definition) is 4. The van der Waals surface area contributed by atoms with Gasteiger partial charge < -0.3 is 4.74 Å². The van der Waals surface area contributed by atoms with Gasteiger partial charge in [-0.3, -0.25) is 14.4 Å². The predicted molar refractivity (Wildman–Crippen MR) is 82.9 cm³/mol. The van der Waals surface area contributed by atoms with Crippen LogP contribution in [0.5, 0.6) is 0 Å². The van der Waals surface area contributed by atoms with Crippen molar-refractivity contribution in [3.8, 4) is 0 Å². The number of rotatable bonds is 3. The van der Waals surface area contributed by atoms with E-state index in [2.05, 4.69) is 0 Å². The molecule has 0 aliphatic carbocycles. The van der Waals surface area contributed by atoms with E-state index in [9.17, 15) is 27.6 Å². The van der Waals surface area contributed by atoms with Gasteiger partial charge >= 0.3 is 12.1 Å². The number of hydrogen-bond donors (Lipinski definition) is 0. The van der Waals surface area contributed by atoms with E-state index in [0.29, 0.717) is 0 Å². The van der Waals surface area contributed by atoms with Crippen molar-refractivity contribution < 1.29 is 32.3 Å². The molecule has 2 aromatic carbocycles. The Morgan fingerprint density at radius 2 is 1.46 bits per heavy atom. The van der Waals surface area contributed by atoms with Crippen LogP contribution in [0.25, 0.3) is 0 Å². The molecular weight excluding hydrogens is 351 g/mol. The maximum atomic E-state index is 12.7. The first kappa shape index (κ1) is 17.7. The fraction of sp³-hybridized carbons (Fsp3) is 0.167. The van der Waals surface area contributed by atoms with Crippen LogP contribution in [0.2, 0.25) is 0 Å². The maximum Gasteiger partial charge on any atom is 0.416 e. The Kier molecular flexibility index (Phi) is 4.27. The predicted octanol–water partition coefficient (Wildman–Crippen LogP) is 3.56. The lowest BCUT2D eigenvalue weighted by Crippen LogP contribution is -2.36. The highest BCUT2D eigenvalue weighted by Gasteiger charge is 2.42. The molecule has 0 N–H and O–H groups in total. The van der Waals surface area contributed by atoms with Gasteiger partial charge in [-0.1, -0.05) is 24.3 Å². The lowest BCUT2D eigenvalue weighted by molar-refractivity contribution is -0.152. The van der Waals surface area contributed by atoms with Gasteiger partial charge in [0.25, 0.3) is 11.8 Å². The highest BCUT2D eigenvalue weighted by atomic mass is 19.4. The van der Waals surface area contributed by atoms with Gasteiger partial charge in [-0.25, -0.2) is 4.90 Å². The molecule has 1 atom stereocenters. The average Bonchev–Trinajstić information content (AvgIpc) is 2.84. The van der Waals surface area contributed by atoms with Gasteiger partial charge in [0.1, 0.15) is 0 Å². The van der Waals surface area contributed by atoms with Gasteiger partial charge in [-0.05, 0) is 24.3 Å². The van der Waals surface area contributed by atoms with Crippen molar-refractivity contribution in [2.24, 2.45) is 0 Å². The lowest BCUT2D eigenvalue weighted by Gasteiger charge is -2.26. The van der Waals surface area contributed by atoms with Crippen molar-refractivity contribution in [2.75, 3.05) is 0 Å². The largest absolute Gasteiger partial charge is 0.437 e. The molecule has 0 spiro atoms. The molecule has 0 saturated heterocycles. The normalized spacial score (nSPS) is 15.0. The Morgan fingerprint density at radius 3 is 1.88 bits per heavy atom. The minimum Gasteiger partial charge on any atom is -0.437 e. The van der Waals surface area contributed by atoms with Crippen LogP contribution in [-0.2, 0) is 15.7 Å². The summed E-state index contributed by atoms with van der Waals surface area (Å²) >= 11 is 0. The Hall–Kier alpha value is -3.16. The summed E-state index contributed by atoms with van der Waals surface area (Å²) in [5, 5.41) is 0. The second-order valence-corrected chi connectivity index (χ2v) is 5.61. The quantitative estimate of drug-likeness (QED) is 0.618. The molecule has 0 fully saturated rings. The van der Waals surface area contributed by atoms with E-state index in [1.165, 1.54) is 12.1 Å². The van der Waals surface area contributed by atoms with Crippen LogP contribution in [0.4, 0.5) is 13.2 Å². The summed E-state index contributed by atoms with van der Waals surface area (Å²) < 4.78 is 43.3. The molecule has 8 heteroatoms. The van der Waals surface area contributed by atoms with Gasteiger partial charge in [0, 0.05) is 12.5 Å². The topological polar surface area (TPSA) is 63.7 Å². The summed E-state index contributed by atoms with van der Waals surface area (Å²) in [5.74, 6) is -2.15. The van der Waals surface area contributed by atoms with Crippen molar-refractivity contribution >= 4 is 17.8 Å². The lowest BCUT2D eigenvalue weighted by atomic mass is 10.1. The van der Waals surface area contributed by atoms with E-state index in [-0.39, 0.29) is 16.7 Å². The molecule has 1 aliphatic rings. The van der Waals surface area contributed by atoms with Crippen LogP contribution in [0, 0.1) is 0 Å². The molecule has 3 rings (SSSR count). The number of nitrogens with zero attached hydrogens (tertiary/aromatic N) is 1. The Morgan fingerprint density at radius 1 is 0.962 bits per heavy atom. The highest BCUT2D eigenvalue weighted by molar-refractivity contribution is 6.21. The van der Waals surface area contributed by atoms with Crippen molar-refractivity contribution in [2.45, 2.75) is 19.3 Å². The second-order valence-electron chi connectivity index (χ2n) is 5.61.